The first-order valence-corrected chi connectivity index (χ1v) is 7.74. The van der Waals surface area contributed by atoms with Gasteiger partial charge in [0.05, 0.1) is 12.3 Å². The highest BCUT2D eigenvalue weighted by Crippen LogP contribution is 2.20. The lowest BCUT2D eigenvalue weighted by Crippen LogP contribution is -2.13. The van der Waals surface area contributed by atoms with Crippen molar-refractivity contribution in [2.75, 3.05) is 11.9 Å². The summed E-state index contributed by atoms with van der Waals surface area (Å²) in [6, 6.07) is 11.3. The van der Waals surface area contributed by atoms with Gasteiger partial charge >= 0.3 is 0 Å². The van der Waals surface area contributed by atoms with Crippen LogP contribution in [-0.4, -0.2) is 12.5 Å². The highest BCUT2D eigenvalue weighted by atomic mass is 79.9. The third-order valence-corrected chi connectivity index (χ3v) is 3.37. The summed E-state index contributed by atoms with van der Waals surface area (Å²) in [7, 11) is 0. The predicted octanol–water partition coefficient (Wildman–Crippen LogP) is 4.88. The quantitative estimate of drug-likeness (QED) is 0.820. The van der Waals surface area contributed by atoms with E-state index in [2.05, 4.69) is 35.1 Å². The van der Waals surface area contributed by atoms with Crippen LogP contribution in [0.5, 0.6) is 5.75 Å². The van der Waals surface area contributed by atoms with E-state index in [0.29, 0.717) is 28.3 Å². The summed E-state index contributed by atoms with van der Waals surface area (Å²) in [5.74, 6) is 0.291. The molecule has 2 rings (SSSR count). The zero-order chi connectivity index (χ0) is 16.1. The molecule has 0 aliphatic carbocycles. The van der Waals surface area contributed by atoms with Crippen LogP contribution in [-0.2, 0) is 0 Å². The largest absolute Gasteiger partial charge is 0.493 e. The Labute approximate surface area is 137 Å². The van der Waals surface area contributed by atoms with Crippen LogP contribution in [0, 0.1) is 11.7 Å². The molecular formula is C17H17BrFNO2. The SMILES string of the molecule is CC(C)COc1ccc(C(=O)Nc2ccc(Br)cc2F)cc1. The Morgan fingerprint density at radius 2 is 1.91 bits per heavy atom. The number of halogens is 2. The second kappa shape index (κ2) is 7.40. The standard InChI is InChI=1S/C17H17BrFNO2/c1-11(2)10-22-14-6-3-12(4-7-14)17(21)20-16-8-5-13(18)9-15(16)19/h3-9,11H,10H2,1-2H3,(H,20,21). The Bertz CT molecular complexity index is 656. The lowest BCUT2D eigenvalue weighted by Gasteiger charge is -2.10. The summed E-state index contributed by atoms with van der Waals surface area (Å²) in [6.45, 7) is 4.75. The molecule has 0 aliphatic rings. The smallest absolute Gasteiger partial charge is 0.255 e. The highest BCUT2D eigenvalue weighted by Gasteiger charge is 2.10. The molecule has 0 atom stereocenters. The molecular weight excluding hydrogens is 349 g/mol. The molecule has 0 aromatic heterocycles. The third kappa shape index (κ3) is 4.56. The lowest BCUT2D eigenvalue weighted by atomic mass is 10.2. The maximum absolute atomic E-state index is 13.7. The Balaban J connectivity index is 2.03. The first kappa shape index (κ1) is 16.5. The van der Waals surface area contributed by atoms with E-state index in [9.17, 15) is 9.18 Å². The van der Waals surface area contributed by atoms with Gasteiger partial charge in [0.2, 0.25) is 0 Å². The van der Waals surface area contributed by atoms with Crippen molar-refractivity contribution in [1.82, 2.24) is 0 Å². The molecule has 2 aromatic carbocycles. The first-order valence-electron chi connectivity index (χ1n) is 6.95. The number of anilines is 1. The zero-order valence-electron chi connectivity index (χ0n) is 12.4. The number of benzene rings is 2. The average Bonchev–Trinajstić information content (AvgIpc) is 2.48. The number of carbonyl (C=O) groups is 1. The minimum absolute atomic E-state index is 0.147. The van der Waals surface area contributed by atoms with Crippen LogP contribution in [0.3, 0.4) is 0 Å². The number of amides is 1. The maximum Gasteiger partial charge on any atom is 0.255 e. The van der Waals surface area contributed by atoms with Crippen molar-refractivity contribution in [2.45, 2.75) is 13.8 Å². The molecule has 0 fully saturated rings. The molecule has 0 spiro atoms. The molecule has 0 aliphatic heterocycles. The maximum atomic E-state index is 13.7. The van der Waals surface area contributed by atoms with Crippen molar-refractivity contribution in [3.05, 3.63) is 58.3 Å². The molecule has 0 saturated carbocycles. The second-order valence-corrected chi connectivity index (χ2v) is 6.22. The molecule has 0 saturated heterocycles. The molecule has 116 valence electrons. The van der Waals surface area contributed by atoms with Gasteiger partial charge in [-0.05, 0) is 48.4 Å². The zero-order valence-corrected chi connectivity index (χ0v) is 14.0. The Kier molecular flexibility index (Phi) is 5.55. The van der Waals surface area contributed by atoms with Gasteiger partial charge in [-0.1, -0.05) is 29.8 Å². The summed E-state index contributed by atoms with van der Waals surface area (Å²) >= 11 is 3.17. The normalized spacial score (nSPS) is 10.6. The molecule has 0 unspecified atom stereocenters. The highest BCUT2D eigenvalue weighted by molar-refractivity contribution is 9.10. The molecule has 0 radical (unpaired) electrons. The molecule has 0 bridgehead atoms. The van der Waals surface area contributed by atoms with Crippen molar-refractivity contribution in [1.29, 1.82) is 0 Å². The number of rotatable bonds is 5. The molecule has 5 heteroatoms. The van der Waals surface area contributed by atoms with Crippen molar-refractivity contribution in [3.8, 4) is 5.75 Å². The van der Waals surface area contributed by atoms with E-state index in [1.54, 1.807) is 30.3 Å². The fourth-order valence-corrected chi connectivity index (χ4v) is 2.08. The van der Waals surface area contributed by atoms with Crippen LogP contribution in [0.2, 0.25) is 0 Å². The van der Waals surface area contributed by atoms with E-state index in [-0.39, 0.29) is 11.6 Å². The molecule has 22 heavy (non-hydrogen) atoms. The molecule has 2 aromatic rings. The molecule has 0 heterocycles. The first-order chi connectivity index (χ1) is 10.5. The Hall–Kier alpha value is -1.88. The van der Waals surface area contributed by atoms with Crippen LogP contribution in [0.1, 0.15) is 24.2 Å². The summed E-state index contributed by atoms with van der Waals surface area (Å²) < 4.78 is 19.9. The fraction of sp³-hybridized carbons (Fsp3) is 0.235. The summed E-state index contributed by atoms with van der Waals surface area (Å²) in [6.07, 6.45) is 0. The van der Waals surface area contributed by atoms with Crippen LogP contribution in [0.25, 0.3) is 0 Å². The minimum atomic E-state index is -0.486. The van der Waals surface area contributed by atoms with E-state index in [4.69, 9.17) is 4.74 Å². The Morgan fingerprint density at radius 1 is 1.23 bits per heavy atom. The van der Waals surface area contributed by atoms with Crippen molar-refractivity contribution >= 4 is 27.5 Å². The summed E-state index contributed by atoms with van der Waals surface area (Å²) in [5.41, 5.74) is 0.590. The van der Waals surface area contributed by atoms with E-state index in [0.717, 1.165) is 0 Å². The van der Waals surface area contributed by atoms with Crippen molar-refractivity contribution in [2.24, 2.45) is 5.92 Å². The molecule has 1 amide bonds. The minimum Gasteiger partial charge on any atom is -0.493 e. The molecule has 3 nitrogen and oxygen atoms in total. The number of carbonyl (C=O) groups excluding carboxylic acids is 1. The van der Waals surface area contributed by atoms with E-state index in [1.807, 2.05) is 0 Å². The monoisotopic (exact) mass is 365 g/mol. The second-order valence-electron chi connectivity index (χ2n) is 5.31. The van der Waals surface area contributed by atoms with Gasteiger partial charge in [-0.15, -0.1) is 0 Å². The van der Waals surface area contributed by atoms with Gasteiger partial charge in [0.1, 0.15) is 11.6 Å². The van der Waals surface area contributed by atoms with Crippen LogP contribution >= 0.6 is 15.9 Å². The summed E-state index contributed by atoms with van der Waals surface area (Å²) in [5, 5.41) is 2.55. The van der Waals surface area contributed by atoms with E-state index < -0.39 is 5.82 Å². The summed E-state index contributed by atoms with van der Waals surface area (Å²) in [4.78, 5) is 12.1. The topological polar surface area (TPSA) is 38.3 Å². The van der Waals surface area contributed by atoms with Crippen LogP contribution < -0.4 is 10.1 Å². The van der Waals surface area contributed by atoms with Crippen LogP contribution in [0.15, 0.2) is 46.9 Å². The van der Waals surface area contributed by atoms with E-state index >= 15 is 0 Å². The van der Waals surface area contributed by atoms with Gasteiger partial charge in [0.15, 0.2) is 0 Å². The molecule has 1 N–H and O–H groups in total. The Morgan fingerprint density at radius 3 is 2.50 bits per heavy atom. The van der Waals surface area contributed by atoms with Crippen LogP contribution in [0.4, 0.5) is 10.1 Å². The van der Waals surface area contributed by atoms with E-state index in [1.165, 1.54) is 12.1 Å². The lowest BCUT2D eigenvalue weighted by molar-refractivity contribution is 0.102. The number of hydrogen-bond acceptors (Lipinski definition) is 2. The third-order valence-electron chi connectivity index (χ3n) is 2.88. The van der Waals surface area contributed by atoms with Gasteiger partial charge in [-0.3, -0.25) is 4.79 Å². The predicted molar refractivity (Wildman–Crippen MR) is 88.8 cm³/mol. The number of nitrogens with one attached hydrogen (secondary N) is 1. The fourth-order valence-electron chi connectivity index (χ4n) is 1.75. The van der Waals surface area contributed by atoms with Gasteiger partial charge in [-0.2, -0.15) is 0 Å². The van der Waals surface area contributed by atoms with Gasteiger partial charge in [0, 0.05) is 10.0 Å². The van der Waals surface area contributed by atoms with Crippen molar-refractivity contribution in [3.63, 3.8) is 0 Å². The van der Waals surface area contributed by atoms with Crippen molar-refractivity contribution < 1.29 is 13.9 Å². The van der Waals surface area contributed by atoms with Gasteiger partial charge < -0.3 is 10.1 Å². The van der Waals surface area contributed by atoms with Gasteiger partial charge in [-0.25, -0.2) is 4.39 Å². The van der Waals surface area contributed by atoms with Gasteiger partial charge in [0.25, 0.3) is 5.91 Å². The number of ether oxygens (including phenoxy) is 1. The number of hydrogen-bond donors (Lipinski definition) is 1. The average molecular weight is 366 g/mol.